The van der Waals surface area contributed by atoms with E-state index in [2.05, 4.69) is 24.0 Å². The Morgan fingerprint density at radius 1 is 1.60 bits per heavy atom. The Hall–Kier alpha value is -0.900. The van der Waals surface area contributed by atoms with Crippen LogP contribution in [0.25, 0.3) is 0 Å². The molecule has 0 radical (unpaired) electrons. The number of unbranched alkanes of at least 4 members (excludes halogenated alkanes) is 1. The van der Waals surface area contributed by atoms with Gasteiger partial charge in [0.05, 0.1) is 6.04 Å². The monoisotopic (exact) mass is 209 g/mol. The number of nitrogens with zero attached hydrogens (tertiary/aromatic N) is 2. The summed E-state index contributed by atoms with van der Waals surface area (Å²) in [7, 11) is 0. The standard InChI is InChI=1S/C11H19N3O/c1-3-4-5-9(12)11-13-10(14-15-11)8-6-7(8)2/h7-9H,3-6,12H2,1-2H3/t7?,8?,9-/m0/s1. The van der Waals surface area contributed by atoms with Gasteiger partial charge in [-0.25, -0.2) is 0 Å². The van der Waals surface area contributed by atoms with Crippen LogP contribution >= 0.6 is 0 Å². The Morgan fingerprint density at radius 2 is 2.33 bits per heavy atom. The number of rotatable bonds is 5. The Balaban J connectivity index is 1.94. The summed E-state index contributed by atoms with van der Waals surface area (Å²) in [5, 5.41) is 3.99. The quantitative estimate of drug-likeness (QED) is 0.808. The van der Waals surface area contributed by atoms with E-state index in [1.54, 1.807) is 0 Å². The van der Waals surface area contributed by atoms with Gasteiger partial charge >= 0.3 is 0 Å². The van der Waals surface area contributed by atoms with Crippen molar-refractivity contribution in [3.8, 4) is 0 Å². The Bertz CT molecular complexity index is 323. The van der Waals surface area contributed by atoms with Crippen molar-refractivity contribution in [1.82, 2.24) is 10.1 Å². The van der Waals surface area contributed by atoms with Gasteiger partial charge in [-0.1, -0.05) is 31.8 Å². The third-order valence-electron chi connectivity index (χ3n) is 3.08. The lowest BCUT2D eigenvalue weighted by Gasteiger charge is -2.03. The molecule has 4 nitrogen and oxygen atoms in total. The molecule has 15 heavy (non-hydrogen) atoms. The maximum Gasteiger partial charge on any atom is 0.243 e. The van der Waals surface area contributed by atoms with Gasteiger partial charge in [0.25, 0.3) is 0 Å². The van der Waals surface area contributed by atoms with E-state index >= 15 is 0 Å². The zero-order valence-corrected chi connectivity index (χ0v) is 9.44. The van der Waals surface area contributed by atoms with Gasteiger partial charge in [0.2, 0.25) is 5.89 Å². The van der Waals surface area contributed by atoms with Crippen LogP contribution in [0.5, 0.6) is 0 Å². The number of nitrogens with two attached hydrogens (primary N) is 1. The van der Waals surface area contributed by atoms with E-state index in [0.29, 0.717) is 17.7 Å². The molecule has 1 heterocycles. The molecule has 84 valence electrons. The minimum Gasteiger partial charge on any atom is -0.338 e. The second-order valence-corrected chi connectivity index (χ2v) is 4.56. The molecule has 2 rings (SSSR count). The van der Waals surface area contributed by atoms with Gasteiger partial charge in [0.1, 0.15) is 0 Å². The van der Waals surface area contributed by atoms with Crippen molar-refractivity contribution in [3.63, 3.8) is 0 Å². The lowest BCUT2D eigenvalue weighted by atomic mass is 10.1. The highest BCUT2D eigenvalue weighted by Gasteiger charge is 2.38. The van der Waals surface area contributed by atoms with Gasteiger partial charge in [-0.15, -0.1) is 0 Å². The van der Waals surface area contributed by atoms with E-state index in [1.807, 2.05) is 0 Å². The number of hydrogen-bond acceptors (Lipinski definition) is 4. The lowest BCUT2D eigenvalue weighted by Crippen LogP contribution is -2.10. The molecule has 1 aromatic heterocycles. The minimum atomic E-state index is -0.0831. The molecule has 0 saturated heterocycles. The molecule has 1 aliphatic carbocycles. The van der Waals surface area contributed by atoms with Crippen molar-refractivity contribution < 1.29 is 4.52 Å². The minimum absolute atomic E-state index is 0.0831. The number of hydrogen-bond donors (Lipinski definition) is 1. The van der Waals surface area contributed by atoms with Crippen LogP contribution in [0.2, 0.25) is 0 Å². The molecule has 1 fully saturated rings. The SMILES string of the molecule is CCCC[C@H](N)c1nc(C2CC2C)no1. The van der Waals surface area contributed by atoms with Gasteiger partial charge in [0.15, 0.2) is 5.82 Å². The molecule has 0 aromatic carbocycles. The maximum atomic E-state index is 5.95. The summed E-state index contributed by atoms with van der Waals surface area (Å²) in [6.07, 6.45) is 4.37. The lowest BCUT2D eigenvalue weighted by molar-refractivity contribution is 0.342. The van der Waals surface area contributed by atoms with Crippen molar-refractivity contribution in [2.75, 3.05) is 0 Å². The zero-order valence-electron chi connectivity index (χ0n) is 9.44. The third-order valence-corrected chi connectivity index (χ3v) is 3.08. The van der Waals surface area contributed by atoms with Crippen LogP contribution in [0.15, 0.2) is 4.52 Å². The first-order valence-corrected chi connectivity index (χ1v) is 5.81. The van der Waals surface area contributed by atoms with Gasteiger partial charge < -0.3 is 10.3 Å². The highest BCUT2D eigenvalue weighted by atomic mass is 16.5. The zero-order chi connectivity index (χ0) is 10.8. The Morgan fingerprint density at radius 3 is 2.93 bits per heavy atom. The molecule has 0 bridgehead atoms. The van der Waals surface area contributed by atoms with Crippen LogP contribution in [0.4, 0.5) is 0 Å². The van der Waals surface area contributed by atoms with Gasteiger partial charge in [-0.05, 0) is 18.8 Å². The summed E-state index contributed by atoms with van der Waals surface area (Å²) >= 11 is 0. The van der Waals surface area contributed by atoms with E-state index < -0.39 is 0 Å². The van der Waals surface area contributed by atoms with E-state index in [9.17, 15) is 0 Å². The molecule has 0 aliphatic heterocycles. The van der Waals surface area contributed by atoms with Crippen LogP contribution in [-0.4, -0.2) is 10.1 Å². The summed E-state index contributed by atoms with van der Waals surface area (Å²) in [6.45, 7) is 4.36. The fraction of sp³-hybridized carbons (Fsp3) is 0.818. The van der Waals surface area contributed by atoms with Crippen molar-refractivity contribution in [2.24, 2.45) is 11.7 Å². The molecular formula is C11H19N3O. The van der Waals surface area contributed by atoms with E-state index in [1.165, 1.54) is 6.42 Å². The van der Waals surface area contributed by atoms with E-state index in [4.69, 9.17) is 10.3 Å². The average molecular weight is 209 g/mol. The van der Waals surface area contributed by atoms with Crippen LogP contribution in [0.1, 0.15) is 63.2 Å². The molecule has 1 saturated carbocycles. The van der Waals surface area contributed by atoms with Gasteiger partial charge in [-0.3, -0.25) is 0 Å². The predicted molar refractivity (Wildman–Crippen MR) is 57.3 cm³/mol. The first-order valence-electron chi connectivity index (χ1n) is 5.81. The second kappa shape index (κ2) is 4.31. The highest BCUT2D eigenvalue weighted by molar-refractivity contribution is 5.08. The summed E-state index contributed by atoms with van der Waals surface area (Å²) < 4.78 is 5.19. The summed E-state index contributed by atoms with van der Waals surface area (Å²) in [6, 6.07) is -0.0831. The summed E-state index contributed by atoms with van der Waals surface area (Å²) in [4.78, 5) is 4.37. The van der Waals surface area contributed by atoms with Crippen molar-refractivity contribution in [1.29, 1.82) is 0 Å². The Labute approximate surface area is 90.2 Å². The third kappa shape index (κ3) is 2.37. The van der Waals surface area contributed by atoms with Crippen molar-refractivity contribution >= 4 is 0 Å². The molecule has 2 unspecified atom stereocenters. The predicted octanol–water partition coefficient (Wildman–Crippen LogP) is 2.38. The second-order valence-electron chi connectivity index (χ2n) is 4.56. The van der Waals surface area contributed by atoms with Crippen molar-refractivity contribution in [2.45, 2.75) is 51.5 Å². The number of aromatic nitrogens is 2. The van der Waals surface area contributed by atoms with Crippen LogP contribution in [-0.2, 0) is 0 Å². The highest BCUT2D eigenvalue weighted by Crippen LogP contribution is 2.45. The summed E-state index contributed by atoms with van der Waals surface area (Å²) in [5.41, 5.74) is 5.95. The van der Waals surface area contributed by atoms with Crippen LogP contribution < -0.4 is 5.73 Å². The Kier molecular flexibility index (Phi) is 3.05. The van der Waals surface area contributed by atoms with Crippen molar-refractivity contribution in [3.05, 3.63) is 11.7 Å². The molecule has 1 aliphatic rings. The molecule has 1 aromatic rings. The van der Waals surface area contributed by atoms with Gasteiger partial charge in [-0.2, -0.15) is 4.98 Å². The topological polar surface area (TPSA) is 64.9 Å². The van der Waals surface area contributed by atoms with E-state index in [-0.39, 0.29) is 6.04 Å². The first kappa shape index (κ1) is 10.6. The smallest absolute Gasteiger partial charge is 0.243 e. The van der Waals surface area contributed by atoms with Gasteiger partial charge in [0, 0.05) is 5.92 Å². The molecular weight excluding hydrogens is 190 g/mol. The maximum absolute atomic E-state index is 5.95. The molecule has 3 atom stereocenters. The average Bonchev–Trinajstić information content (AvgIpc) is 2.80. The summed E-state index contributed by atoms with van der Waals surface area (Å²) in [5.74, 6) is 2.69. The fourth-order valence-corrected chi connectivity index (χ4v) is 1.78. The van der Waals surface area contributed by atoms with Crippen LogP contribution in [0, 0.1) is 5.92 Å². The van der Waals surface area contributed by atoms with E-state index in [0.717, 1.165) is 25.1 Å². The fourth-order valence-electron chi connectivity index (χ4n) is 1.78. The van der Waals surface area contributed by atoms with Crippen LogP contribution in [0.3, 0.4) is 0 Å². The normalized spacial score (nSPS) is 26.6. The largest absolute Gasteiger partial charge is 0.338 e. The molecule has 0 spiro atoms. The first-order chi connectivity index (χ1) is 7.22. The molecule has 2 N–H and O–H groups in total. The molecule has 4 heteroatoms. The molecule has 0 amide bonds.